The van der Waals surface area contributed by atoms with Crippen molar-refractivity contribution in [1.29, 1.82) is 0 Å². The maximum atomic E-state index is 14.3. The van der Waals surface area contributed by atoms with E-state index in [9.17, 15) is 107 Å². The van der Waals surface area contributed by atoms with Gasteiger partial charge in [-0.05, 0) is 80.1 Å². The highest BCUT2D eigenvalue weighted by molar-refractivity contribution is 7.98. The zero-order chi connectivity index (χ0) is 75.4. The Morgan fingerprint density at radius 3 is 1.19 bits per heavy atom. The monoisotopic (exact) mass is 1420 g/mol. The van der Waals surface area contributed by atoms with Crippen LogP contribution in [0.1, 0.15) is 153 Å². The van der Waals surface area contributed by atoms with Crippen LogP contribution in [-0.4, -0.2) is 234 Å². The summed E-state index contributed by atoms with van der Waals surface area (Å²) >= 11 is 1.37. The fourth-order valence-corrected chi connectivity index (χ4v) is 10.0. The molecule has 0 rings (SSSR count). The van der Waals surface area contributed by atoms with Crippen molar-refractivity contribution in [3.8, 4) is 0 Å². The van der Waals surface area contributed by atoms with Crippen LogP contribution in [0.3, 0.4) is 0 Å². The number of nitrogens with one attached hydrogen (secondary N) is 11. The summed E-state index contributed by atoms with van der Waals surface area (Å²) in [7, 11) is 0. The molecule has 0 bridgehead atoms. The lowest BCUT2D eigenvalue weighted by molar-refractivity contribution is -0.142. The SMILES string of the molecule is CC[C@H](C)[C@H](NC(=O)[C@H](CCC(=O)O)NC(=O)[C@@H](N)CCC(=O)O)C(=O)N[C@@H](CO)C(=O)N[C@@H](CCC(=O)O)C(=O)N[C@H](C(=O)N[C@@H](CC(=O)O)C(=O)N[C@@H](CC(C)C)[C@@H](O)CN[C@@H](CCSC)C(=O)N[C@H](C(=O)N[C@@H](CC(C)C)C(=O)N[C@@H](CC(=O)O)C(N)=O)C(C)C)[C@@H](C)CC. The molecular weight excluding hydrogens is 1310 g/mol. The number of aliphatic hydroxyl groups excluding tert-OH is 2. The molecule has 0 unspecified atom stereocenters. The second kappa shape index (κ2) is 46.1. The lowest BCUT2D eigenvalue weighted by Gasteiger charge is -2.31. The second-order valence-corrected chi connectivity index (χ2v) is 26.2. The first-order chi connectivity index (χ1) is 45.6. The highest BCUT2D eigenvalue weighted by Gasteiger charge is 2.39. The van der Waals surface area contributed by atoms with Crippen molar-refractivity contribution in [3.63, 3.8) is 0 Å². The van der Waals surface area contributed by atoms with Gasteiger partial charge in [-0.25, -0.2) is 0 Å². The Labute approximate surface area is 573 Å². The summed E-state index contributed by atoms with van der Waals surface area (Å²) in [6.45, 7) is 14.8. The highest BCUT2D eigenvalue weighted by Crippen LogP contribution is 2.16. The van der Waals surface area contributed by atoms with E-state index < -0.39 is 249 Å². The van der Waals surface area contributed by atoms with E-state index in [4.69, 9.17) is 16.6 Å². The number of amides is 11. The standard InChI is InChI=1S/C61H105N13O23S/c1-12-31(9)49(73-55(91)36(16-19-45(81)82)66-58(94)41(27-75)71-61(97)50(32(10)13-2)74-54(90)35(15-18-44(79)80)65-52(88)33(62)14-17-43(77)78)60(96)70-40(25-47(85)86)57(93)67-37(22-28(3)4)42(76)26-64-34(20-21-98-11)53(89)72-48(30(7)8)59(95)69-39(23-29(5)6)56(92)68-38(51(63)87)24-46(83)84/h28-42,48-50,64,75-76H,12-27,62H2,1-11H3,(H2,63,87)(H,65,88)(H,66,94)(H,67,93)(H,68,92)(H,69,95)(H,70,96)(H,71,97)(H,72,89)(H,73,91)(H,74,90)(H,77,78)(H,79,80)(H,81,82)(H,83,84)(H,85,86)/t31-,32-,33-,34-,35-,36-,37-,38-,39-,40-,41-,42-,48-,49-,50-/m0/s1. The zero-order valence-corrected chi connectivity index (χ0v) is 58.2. The van der Waals surface area contributed by atoms with Gasteiger partial charge >= 0.3 is 29.8 Å². The van der Waals surface area contributed by atoms with Gasteiger partial charge in [-0.1, -0.05) is 82.1 Å². The molecule has 0 aromatic carbocycles. The first kappa shape index (κ1) is 89.7. The molecule has 0 saturated heterocycles. The molecule has 558 valence electrons. The minimum Gasteiger partial charge on any atom is -0.481 e. The first-order valence-electron chi connectivity index (χ1n) is 32.3. The Morgan fingerprint density at radius 1 is 0.408 bits per heavy atom. The van der Waals surface area contributed by atoms with E-state index in [1.165, 1.54) is 25.6 Å². The number of nitrogens with two attached hydrogens (primary N) is 2. The second-order valence-electron chi connectivity index (χ2n) is 25.2. The molecule has 15 atom stereocenters. The molecule has 0 aromatic heterocycles. The van der Waals surface area contributed by atoms with E-state index in [0.29, 0.717) is 5.75 Å². The van der Waals surface area contributed by atoms with Crippen LogP contribution in [0.5, 0.6) is 0 Å². The number of aliphatic carboxylic acids is 5. The Kier molecular flexibility index (Phi) is 42.2. The van der Waals surface area contributed by atoms with Gasteiger partial charge in [0.25, 0.3) is 0 Å². The van der Waals surface area contributed by atoms with E-state index >= 15 is 0 Å². The summed E-state index contributed by atoms with van der Waals surface area (Å²) in [6.07, 6.45) is -4.62. The Morgan fingerprint density at radius 2 is 0.776 bits per heavy atom. The summed E-state index contributed by atoms with van der Waals surface area (Å²) in [5, 5.41) is 96.3. The Bertz CT molecular complexity index is 2730. The molecule has 0 aliphatic heterocycles. The van der Waals surface area contributed by atoms with Crippen molar-refractivity contribution in [2.75, 3.05) is 25.2 Å². The number of carbonyl (C=O) groups is 16. The molecule has 0 fully saturated rings. The largest absolute Gasteiger partial charge is 0.481 e. The summed E-state index contributed by atoms with van der Waals surface area (Å²) in [5.74, 6) is -20.8. The van der Waals surface area contributed by atoms with Crippen molar-refractivity contribution >= 4 is 107 Å². The minimum absolute atomic E-state index is 0.0339. The maximum Gasteiger partial charge on any atom is 0.305 e. The number of aliphatic hydroxyl groups is 2. The van der Waals surface area contributed by atoms with Crippen LogP contribution in [0.25, 0.3) is 0 Å². The maximum absolute atomic E-state index is 14.3. The number of thioether (sulfide) groups is 1. The van der Waals surface area contributed by atoms with Crippen molar-refractivity contribution < 1.29 is 112 Å². The molecule has 22 N–H and O–H groups in total. The fourth-order valence-electron chi connectivity index (χ4n) is 9.54. The van der Waals surface area contributed by atoms with E-state index in [-0.39, 0.29) is 50.4 Å². The van der Waals surface area contributed by atoms with Crippen molar-refractivity contribution in [1.82, 2.24) is 58.5 Å². The normalized spacial score (nSPS) is 15.9. The molecule has 0 aromatic rings. The molecule has 0 saturated carbocycles. The average Bonchev–Trinajstić information content (AvgIpc) is 0.859. The predicted molar refractivity (Wildman–Crippen MR) is 352 cm³/mol. The quantitative estimate of drug-likeness (QED) is 0.0277. The number of hydrogen-bond acceptors (Lipinski definition) is 21. The molecule has 0 aliphatic rings. The third-order valence-corrected chi connectivity index (χ3v) is 16.3. The number of carboxylic acid groups (broad SMARTS) is 5. The lowest BCUT2D eigenvalue weighted by atomic mass is 9.96. The third kappa shape index (κ3) is 34.8. The molecule has 36 nitrogen and oxygen atoms in total. The smallest absolute Gasteiger partial charge is 0.305 e. The Hall–Kier alpha value is -8.29. The summed E-state index contributed by atoms with van der Waals surface area (Å²) < 4.78 is 0. The Balaban J connectivity index is 6.83. The van der Waals surface area contributed by atoms with Gasteiger partial charge in [-0.2, -0.15) is 11.8 Å². The first-order valence-corrected chi connectivity index (χ1v) is 33.7. The van der Waals surface area contributed by atoms with Crippen molar-refractivity contribution in [3.05, 3.63) is 0 Å². The third-order valence-electron chi connectivity index (χ3n) is 15.6. The number of hydrogen-bond donors (Lipinski definition) is 20. The molecule has 11 amide bonds. The molecule has 0 aliphatic carbocycles. The molecule has 98 heavy (non-hydrogen) atoms. The van der Waals surface area contributed by atoms with Gasteiger partial charge in [0, 0.05) is 25.8 Å². The van der Waals surface area contributed by atoms with Gasteiger partial charge in [0.05, 0.1) is 43.7 Å². The average molecular weight is 1420 g/mol. The molecule has 0 spiro atoms. The van der Waals surface area contributed by atoms with Gasteiger partial charge in [-0.15, -0.1) is 0 Å². The topological polar surface area (TPSA) is 599 Å². The summed E-state index contributed by atoms with van der Waals surface area (Å²) in [5.41, 5.74) is 11.1. The van der Waals surface area contributed by atoms with Crippen LogP contribution in [-0.2, 0) is 76.7 Å². The van der Waals surface area contributed by atoms with E-state index in [1.807, 2.05) is 0 Å². The number of carboxylic acids is 5. The van der Waals surface area contributed by atoms with Crippen LogP contribution in [0.2, 0.25) is 0 Å². The number of carbonyl (C=O) groups excluding carboxylic acids is 11. The predicted octanol–water partition coefficient (Wildman–Crippen LogP) is -3.90. The van der Waals surface area contributed by atoms with E-state index in [1.54, 1.807) is 61.6 Å². The zero-order valence-electron chi connectivity index (χ0n) is 57.4. The van der Waals surface area contributed by atoms with Gasteiger partial charge in [0.1, 0.15) is 54.4 Å². The van der Waals surface area contributed by atoms with Gasteiger partial charge < -0.3 is 106 Å². The van der Waals surface area contributed by atoms with Crippen molar-refractivity contribution in [2.24, 2.45) is 41.1 Å². The highest BCUT2D eigenvalue weighted by atomic mass is 32.2. The minimum atomic E-state index is -1.93. The molecule has 0 radical (unpaired) electrons. The number of primary amides is 1. The van der Waals surface area contributed by atoms with Gasteiger partial charge in [0.15, 0.2) is 0 Å². The lowest BCUT2D eigenvalue weighted by Crippen LogP contribution is -2.62. The van der Waals surface area contributed by atoms with Crippen LogP contribution >= 0.6 is 11.8 Å². The van der Waals surface area contributed by atoms with Crippen molar-refractivity contribution in [2.45, 2.75) is 231 Å². The molecule has 0 heterocycles. The van der Waals surface area contributed by atoms with Crippen LogP contribution in [0.4, 0.5) is 0 Å². The fraction of sp³-hybridized carbons (Fsp3) is 0.738. The van der Waals surface area contributed by atoms with Gasteiger partial charge in [0.2, 0.25) is 65.0 Å². The van der Waals surface area contributed by atoms with Crippen LogP contribution < -0.4 is 70.0 Å². The van der Waals surface area contributed by atoms with Gasteiger partial charge in [-0.3, -0.25) is 76.7 Å². The summed E-state index contributed by atoms with van der Waals surface area (Å²) in [4.78, 5) is 208. The molecule has 37 heteroatoms. The van der Waals surface area contributed by atoms with E-state index in [2.05, 4.69) is 58.5 Å². The van der Waals surface area contributed by atoms with Crippen LogP contribution in [0, 0.1) is 29.6 Å². The van der Waals surface area contributed by atoms with E-state index in [0.717, 1.165) is 0 Å². The number of rotatable bonds is 51. The summed E-state index contributed by atoms with van der Waals surface area (Å²) in [6, 6.07) is -18.4. The van der Waals surface area contributed by atoms with Crippen LogP contribution in [0.15, 0.2) is 0 Å². The molecular formula is C61H105N13O23S.